The maximum absolute atomic E-state index is 12.2. The number of nitro benzene ring substituents is 1. The van der Waals surface area contributed by atoms with Crippen LogP contribution in [0.1, 0.15) is 37.0 Å². The molecule has 1 saturated carbocycles. The summed E-state index contributed by atoms with van der Waals surface area (Å²) >= 11 is 0. The third-order valence-electron chi connectivity index (χ3n) is 3.82. The van der Waals surface area contributed by atoms with Gasteiger partial charge in [0, 0.05) is 24.8 Å². The first-order chi connectivity index (χ1) is 10.0. The average molecular weight is 291 g/mol. The summed E-state index contributed by atoms with van der Waals surface area (Å²) in [6.45, 7) is 5.51. The number of nitro groups is 1. The molecule has 1 aromatic rings. The molecule has 0 spiro atoms. The van der Waals surface area contributed by atoms with Gasteiger partial charge < -0.3 is 10.6 Å². The Kier molecular flexibility index (Phi) is 4.77. The highest BCUT2D eigenvalue weighted by atomic mass is 16.6. The predicted molar refractivity (Wildman–Crippen MR) is 81.5 cm³/mol. The van der Waals surface area contributed by atoms with Crippen LogP contribution in [0.15, 0.2) is 18.2 Å². The molecule has 0 heterocycles. The highest BCUT2D eigenvalue weighted by Crippen LogP contribution is 2.36. The largest absolute Gasteiger partial charge is 0.385 e. The molecule has 0 aliphatic heterocycles. The summed E-state index contributed by atoms with van der Waals surface area (Å²) in [4.78, 5) is 22.7. The molecule has 2 N–H and O–H groups in total. The number of amides is 1. The van der Waals surface area contributed by atoms with Gasteiger partial charge in [-0.3, -0.25) is 14.9 Å². The molecule has 1 aromatic carbocycles. The zero-order chi connectivity index (χ0) is 15.4. The normalized spacial score (nSPS) is 19.9. The summed E-state index contributed by atoms with van der Waals surface area (Å²) in [7, 11) is 0. The van der Waals surface area contributed by atoms with E-state index in [1.165, 1.54) is 6.07 Å². The fourth-order valence-corrected chi connectivity index (χ4v) is 2.26. The number of nitrogens with one attached hydrogen (secondary N) is 2. The van der Waals surface area contributed by atoms with Gasteiger partial charge >= 0.3 is 0 Å². The summed E-state index contributed by atoms with van der Waals surface area (Å²) in [5.74, 6) is 0.771. The second kappa shape index (κ2) is 6.56. The number of hydrogen-bond acceptors (Lipinski definition) is 4. The third-order valence-corrected chi connectivity index (χ3v) is 3.82. The standard InChI is InChI=1S/C15H21N3O3/c1-3-6-16-12-4-5-14(18(20)21)13(8-12)15(19)17-9-11-7-10(11)2/h4-5,8,10-11,16H,3,6-7,9H2,1-2H3,(H,17,19). The Bertz CT molecular complexity index is 545. The van der Waals surface area contributed by atoms with E-state index in [0.29, 0.717) is 18.4 Å². The third kappa shape index (κ3) is 3.93. The van der Waals surface area contributed by atoms with Crippen LogP contribution in [0.5, 0.6) is 0 Å². The van der Waals surface area contributed by atoms with Gasteiger partial charge in [0.15, 0.2) is 0 Å². The summed E-state index contributed by atoms with van der Waals surface area (Å²) < 4.78 is 0. The van der Waals surface area contributed by atoms with Crippen LogP contribution in [-0.2, 0) is 0 Å². The van der Waals surface area contributed by atoms with E-state index in [4.69, 9.17) is 0 Å². The summed E-state index contributed by atoms with van der Waals surface area (Å²) in [5, 5.41) is 17.0. The number of carbonyl (C=O) groups excluding carboxylic acids is 1. The van der Waals surface area contributed by atoms with Crippen LogP contribution in [0.25, 0.3) is 0 Å². The summed E-state index contributed by atoms with van der Waals surface area (Å²) in [5.41, 5.74) is 0.695. The lowest BCUT2D eigenvalue weighted by molar-refractivity contribution is -0.385. The lowest BCUT2D eigenvalue weighted by Gasteiger charge is -2.09. The number of benzene rings is 1. The smallest absolute Gasteiger partial charge is 0.282 e. The van der Waals surface area contributed by atoms with E-state index >= 15 is 0 Å². The second-order valence-electron chi connectivity index (χ2n) is 5.60. The minimum absolute atomic E-state index is 0.120. The van der Waals surface area contributed by atoms with E-state index in [2.05, 4.69) is 17.6 Å². The van der Waals surface area contributed by atoms with Crippen LogP contribution in [0.3, 0.4) is 0 Å². The maximum atomic E-state index is 12.2. The molecule has 0 radical (unpaired) electrons. The first kappa shape index (κ1) is 15.3. The molecule has 6 nitrogen and oxygen atoms in total. The number of anilines is 1. The molecular formula is C15H21N3O3. The first-order valence-corrected chi connectivity index (χ1v) is 7.33. The molecule has 2 unspecified atom stereocenters. The molecular weight excluding hydrogens is 270 g/mol. The molecule has 0 aromatic heterocycles. The summed E-state index contributed by atoms with van der Waals surface area (Å²) in [6.07, 6.45) is 2.05. The number of rotatable bonds is 7. The number of hydrogen-bond donors (Lipinski definition) is 2. The van der Waals surface area contributed by atoms with Gasteiger partial charge in [-0.1, -0.05) is 13.8 Å². The van der Waals surface area contributed by atoms with Crippen molar-refractivity contribution in [2.75, 3.05) is 18.4 Å². The molecule has 1 aliphatic rings. The van der Waals surface area contributed by atoms with Gasteiger partial charge in [-0.15, -0.1) is 0 Å². The van der Waals surface area contributed by atoms with Crippen LogP contribution >= 0.6 is 0 Å². The minimum Gasteiger partial charge on any atom is -0.385 e. The zero-order valence-corrected chi connectivity index (χ0v) is 12.4. The highest BCUT2D eigenvalue weighted by Gasteiger charge is 2.33. The lowest BCUT2D eigenvalue weighted by atomic mass is 10.1. The average Bonchev–Trinajstić information content (AvgIpc) is 3.17. The SMILES string of the molecule is CCCNc1ccc([N+](=O)[O-])c(C(=O)NCC2CC2C)c1. The quantitative estimate of drug-likeness (QED) is 0.597. The van der Waals surface area contributed by atoms with E-state index in [0.717, 1.165) is 25.1 Å². The molecule has 114 valence electrons. The van der Waals surface area contributed by atoms with Gasteiger partial charge in [-0.05, 0) is 36.8 Å². The molecule has 1 amide bonds. The van der Waals surface area contributed by atoms with Crippen LogP contribution in [0.4, 0.5) is 11.4 Å². The highest BCUT2D eigenvalue weighted by molar-refractivity contribution is 5.99. The predicted octanol–water partition coefficient (Wildman–Crippen LogP) is 2.80. The Hall–Kier alpha value is -2.11. The topological polar surface area (TPSA) is 84.3 Å². The van der Waals surface area contributed by atoms with Crippen LogP contribution in [0, 0.1) is 22.0 Å². The molecule has 1 aliphatic carbocycles. The van der Waals surface area contributed by atoms with Crippen molar-refractivity contribution in [2.24, 2.45) is 11.8 Å². The second-order valence-corrected chi connectivity index (χ2v) is 5.60. The molecule has 0 bridgehead atoms. The Labute approximate surface area is 124 Å². The molecule has 6 heteroatoms. The van der Waals surface area contributed by atoms with Crippen LogP contribution in [0.2, 0.25) is 0 Å². The fourth-order valence-electron chi connectivity index (χ4n) is 2.26. The van der Waals surface area contributed by atoms with E-state index in [1.807, 2.05) is 6.92 Å². The van der Waals surface area contributed by atoms with Gasteiger partial charge in [-0.2, -0.15) is 0 Å². The van der Waals surface area contributed by atoms with Gasteiger partial charge in [0.25, 0.3) is 11.6 Å². The first-order valence-electron chi connectivity index (χ1n) is 7.33. The Morgan fingerprint density at radius 3 is 2.76 bits per heavy atom. The van der Waals surface area contributed by atoms with Crippen molar-refractivity contribution in [3.63, 3.8) is 0 Å². The Balaban J connectivity index is 2.12. The van der Waals surface area contributed by atoms with E-state index in [1.54, 1.807) is 12.1 Å². The monoisotopic (exact) mass is 291 g/mol. The van der Waals surface area contributed by atoms with Crippen molar-refractivity contribution >= 4 is 17.3 Å². The number of nitrogens with zero attached hydrogens (tertiary/aromatic N) is 1. The minimum atomic E-state index is -0.516. The van der Waals surface area contributed by atoms with Crippen LogP contribution < -0.4 is 10.6 Å². The zero-order valence-electron chi connectivity index (χ0n) is 12.4. The fraction of sp³-hybridized carbons (Fsp3) is 0.533. The molecule has 1 fully saturated rings. The van der Waals surface area contributed by atoms with Gasteiger partial charge in [0.05, 0.1) is 4.92 Å². The van der Waals surface area contributed by atoms with Crippen molar-refractivity contribution in [2.45, 2.75) is 26.7 Å². The van der Waals surface area contributed by atoms with Crippen molar-refractivity contribution in [1.29, 1.82) is 0 Å². The maximum Gasteiger partial charge on any atom is 0.282 e. The van der Waals surface area contributed by atoms with Gasteiger partial charge in [-0.25, -0.2) is 0 Å². The van der Waals surface area contributed by atoms with E-state index < -0.39 is 4.92 Å². The van der Waals surface area contributed by atoms with E-state index in [-0.39, 0.29) is 17.2 Å². The summed E-state index contributed by atoms with van der Waals surface area (Å²) in [6, 6.07) is 4.57. The lowest BCUT2D eigenvalue weighted by Crippen LogP contribution is -2.26. The van der Waals surface area contributed by atoms with Gasteiger partial charge in [0.1, 0.15) is 5.56 Å². The Morgan fingerprint density at radius 2 is 2.19 bits per heavy atom. The molecule has 21 heavy (non-hydrogen) atoms. The Morgan fingerprint density at radius 1 is 1.48 bits per heavy atom. The van der Waals surface area contributed by atoms with Crippen molar-refractivity contribution in [3.05, 3.63) is 33.9 Å². The van der Waals surface area contributed by atoms with Gasteiger partial charge in [0.2, 0.25) is 0 Å². The molecule has 2 rings (SSSR count). The van der Waals surface area contributed by atoms with E-state index in [9.17, 15) is 14.9 Å². The van der Waals surface area contributed by atoms with Crippen molar-refractivity contribution in [3.8, 4) is 0 Å². The molecule has 2 atom stereocenters. The van der Waals surface area contributed by atoms with Crippen molar-refractivity contribution < 1.29 is 9.72 Å². The molecule has 0 saturated heterocycles. The van der Waals surface area contributed by atoms with Crippen LogP contribution in [-0.4, -0.2) is 23.9 Å². The number of carbonyl (C=O) groups is 1. The van der Waals surface area contributed by atoms with Crippen molar-refractivity contribution in [1.82, 2.24) is 5.32 Å².